The van der Waals surface area contributed by atoms with E-state index in [9.17, 15) is 4.79 Å². The Hall–Kier alpha value is -1.39. The van der Waals surface area contributed by atoms with Crippen LogP contribution in [0.3, 0.4) is 0 Å². The number of hydrogen-bond donors (Lipinski definition) is 2. The molecule has 0 saturated carbocycles. The summed E-state index contributed by atoms with van der Waals surface area (Å²) in [5.74, 6) is -0.248. The Balaban J connectivity index is 1.92. The van der Waals surface area contributed by atoms with E-state index in [0.717, 1.165) is 39.0 Å². The maximum absolute atomic E-state index is 11.4. The van der Waals surface area contributed by atoms with Crippen LogP contribution in [0.25, 0.3) is 0 Å². The maximum Gasteiger partial charge on any atom is 0.234 e. The average Bonchev–Trinajstić information content (AvgIpc) is 2.64. The van der Waals surface area contributed by atoms with Gasteiger partial charge >= 0.3 is 0 Å². The lowest BCUT2D eigenvalue weighted by Crippen LogP contribution is -2.43. The number of aryl methyl sites for hydroxylation is 1. The lowest BCUT2D eigenvalue weighted by molar-refractivity contribution is -0.120. The van der Waals surface area contributed by atoms with Crippen LogP contribution in [0.5, 0.6) is 0 Å². The summed E-state index contributed by atoms with van der Waals surface area (Å²) in [5.41, 5.74) is 8.31. The summed E-state index contributed by atoms with van der Waals surface area (Å²) >= 11 is 0. The lowest BCUT2D eigenvalue weighted by Gasteiger charge is -2.23. The molecule has 1 heterocycles. The molecule has 0 bridgehead atoms. The van der Waals surface area contributed by atoms with Gasteiger partial charge in [0, 0.05) is 13.1 Å². The molecule has 0 saturated heterocycles. The highest BCUT2D eigenvalue weighted by molar-refractivity contribution is 5.79. The number of carbonyl (C=O) groups is 1. The van der Waals surface area contributed by atoms with Crippen molar-refractivity contribution in [1.29, 1.82) is 0 Å². The third-order valence-electron chi connectivity index (χ3n) is 3.96. The van der Waals surface area contributed by atoms with Crippen molar-refractivity contribution in [3.05, 3.63) is 35.4 Å². The van der Waals surface area contributed by atoms with E-state index < -0.39 is 0 Å². The highest BCUT2D eigenvalue weighted by Gasteiger charge is 2.18. The van der Waals surface area contributed by atoms with Crippen molar-refractivity contribution in [1.82, 2.24) is 10.2 Å². The van der Waals surface area contributed by atoms with E-state index in [1.165, 1.54) is 17.5 Å². The first-order valence-electron chi connectivity index (χ1n) is 7.52. The number of nitrogens with one attached hydrogen (secondary N) is 1. The van der Waals surface area contributed by atoms with Gasteiger partial charge in [-0.15, -0.1) is 0 Å². The monoisotopic (exact) mass is 275 g/mol. The van der Waals surface area contributed by atoms with Crippen molar-refractivity contribution < 1.29 is 4.79 Å². The van der Waals surface area contributed by atoms with E-state index in [0.29, 0.717) is 0 Å². The second-order valence-electron chi connectivity index (χ2n) is 5.45. The lowest BCUT2D eigenvalue weighted by atomic mass is 10.0. The number of likely N-dealkylation sites (N-methyl/N-ethyl adjacent to an activating group) is 1. The molecule has 1 aromatic rings. The molecule has 1 atom stereocenters. The molecule has 1 aliphatic heterocycles. The average molecular weight is 275 g/mol. The van der Waals surface area contributed by atoms with Crippen molar-refractivity contribution >= 4 is 5.91 Å². The van der Waals surface area contributed by atoms with Crippen LogP contribution < -0.4 is 11.1 Å². The first-order valence-corrected chi connectivity index (χ1v) is 7.52. The fourth-order valence-corrected chi connectivity index (χ4v) is 2.86. The van der Waals surface area contributed by atoms with Gasteiger partial charge in [-0.3, -0.25) is 9.69 Å². The van der Waals surface area contributed by atoms with E-state index in [1.807, 2.05) is 6.92 Å². The second kappa shape index (κ2) is 7.41. The predicted molar refractivity (Wildman–Crippen MR) is 81.3 cm³/mol. The number of nitrogens with zero attached hydrogens (tertiary/aromatic N) is 1. The summed E-state index contributed by atoms with van der Waals surface area (Å²) in [6.07, 6.45) is 3.12. The van der Waals surface area contributed by atoms with Crippen molar-refractivity contribution in [2.24, 2.45) is 5.73 Å². The van der Waals surface area contributed by atoms with E-state index in [4.69, 9.17) is 5.73 Å². The van der Waals surface area contributed by atoms with Crippen LogP contribution in [0.15, 0.2) is 24.3 Å². The fourth-order valence-electron chi connectivity index (χ4n) is 2.86. The third-order valence-corrected chi connectivity index (χ3v) is 3.96. The molecule has 0 fully saturated rings. The van der Waals surface area contributed by atoms with Gasteiger partial charge in [-0.05, 0) is 43.5 Å². The van der Waals surface area contributed by atoms with E-state index in [1.54, 1.807) is 0 Å². The highest BCUT2D eigenvalue weighted by atomic mass is 16.1. The van der Waals surface area contributed by atoms with Gasteiger partial charge in [0.2, 0.25) is 5.91 Å². The molecule has 2 rings (SSSR count). The number of hydrogen-bond acceptors (Lipinski definition) is 3. The molecule has 4 heteroatoms. The Morgan fingerprint density at radius 2 is 2.15 bits per heavy atom. The first-order chi connectivity index (χ1) is 9.70. The Kier molecular flexibility index (Phi) is 5.56. The molecule has 1 aliphatic rings. The zero-order valence-corrected chi connectivity index (χ0v) is 12.3. The van der Waals surface area contributed by atoms with Gasteiger partial charge in [-0.1, -0.05) is 31.2 Å². The zero-order valence-electron chi connectivity index (χ0n) is 12.3. The molecule has 0 aromatic heterocycles. The SMILES string of the molecule is CCNC(CCN1CCCc2ccccc2C1)C(N)=O. The number of fused-ring (bicyclic) bond motifs is 1. The minimum Gasteiger partial charge on any atom is -0.368 e. The van der Waals surface area contributed by atoms with Crippen LogP contribution in [0.2, 0.25) is 0 Å². The fraction of sp³-hybridized carbons (Fsp3) is 0.562. The van der Waals surface area contributed by atoms with Gasteiger partial charge in [-0.25, -0.2) is 0 Å². The Labute approximate surface area is 121 Å². The van der Waals surface area contributed by atoms with Crippen LogP contribution in [-0.4, -0.2) is 36.5 Å². The number of primary amides is 1. The molecule has 110 valence electrons. The van der Waals surface area contributed by atoms with Crippen LogP contribution >= 0.6 is 0 Å². The molecule has 3 N–H and O–H groups in total. The molecule has 0 spiro atoms. The summed E-state index contributed by atoms with van der Waals surface area (Å²) in [5, 5.41) is 3.16. The molecule has 1 unspecified atom stereocenters. The molecular weight excluding hydrogens is 250 g/mol. The van der Waals surface area contributed by atoms with Crippen molar-refractivity contribution in [2.75, 3.05) is 19.6 Å². The largest absolute Gasteiger partial charge is 0.368 e. The highest BCUT2D eigenvalue weighted by Crippen LogP contribution is 2.18. The first kappa shape index (κ1) is 15.0. The van der Waals surface area contributed by atoms with Gasteiger partial charge in [0.15, 0.2) is 0 Å². The third kappa shape index (κ3) is 4.05. The van der Waals surface area contributed by atoms with Crippen LogP contribution in [-0.2, 0) is 17.8 Å². The van der Waals surface area contributed by atoms with Gasteiger partial charge in [0.05, 0.1) is 6.04 Å². The minimum atomic E-state index is -0.248. The van der Waals surface area contributed by atoms with E-state index >= 15 is 0 Å². The smallest absolute Gasteiger partial charge is 0.234 e. The van der Waals surface area contributed by atoms with Crippen molar-refractivity contribution in [3.8, 4) is 0 Å². The summed E-state index contributed by atoms with van der Waals surface area (Å²) in [6, 6.07) is 8.45. The predicted octanol–water partition coefficient (Wildman–Crippen LogP) is 1.29. The van der Waals surface area contributed by atoms with Crippen molar-refractivity contribution in [3.63, 3.8) is 0 Å². The number of nitrogens with two attached hydrogens (primary N) is 1. The molecule has 0 radical (unpaired) electrons. The number of rotatable bonds is 6. The minimum absolute atomic E-state index is 0.210. The molecule has 1 amide bonds. The Bertz CT molecular complexity index is 447. The summed E-state index contributed by atoms with van der Waals surface area (Å²) < 4.78 is 0. The van der Waals surface area contributed by atoms with Gasteiger partial charge < -0.3 is 11.1 Å². The number of benzene rings is 1. The maximum atomic E-state index is 11.4. The molecular formula is C16H25N3O. The summed E-state index contributed by atoms with van der Waals surface area (Å²) in [7, 11) is 0. The van der Waals surface area contributed by atoms with Crippen LogP contribution in [0.4, 0.5) is 0 Å². The van der Waals surface area contributed by atoms with Gasteiger partial charge in [0.1, 0.15) is 0 Å². The zero-order chi connectivity index (χ0) is 14.4. The number of amides is 1. The van der Waals surface area contributed by atoms with Gasteiger partial charge in [-0.2, -0.15) is 0 Å². The number of carbonyl (C=O) groups excluding carboxylic acids is 1. The summed E-state index contributed by atoms with van der Waals surface area (Å²) in [6.45, 7) is 5.75. The molecule has 0 aliphatic carbocycles. The Morgan fingerprint density at radius 1 is 1.40 bits per heavy atom. The standard InChI is InChI=1S/C16H25N3O/c1-2-18-15(16(17)20)9-11-19-10-5-8-13-6-3-4-7-14(13)12-19/h3-4,6-7,15,18H,2,5,8-12H2,1H3,(H2,17,20). The van der Waals surface area contributed by atoms with Crippen LogP contribution in [0, 0.1) is 0 Å². The molecule has 20 heavy (non-hydrogen) atoms. The van der Waals surface area contributed by atoms with Gasteiger partial charge in [0.25, 0.3) is 0 Å². The van der Waals surface area contributed by atoms with E-state index in [-0.39, 0.29) is 11.9 Å². The summed E-state index contributed by atoms with van der Waals surface area (Å²) in [4.78, 5) is 13.8. The second-order valence-corrected chi connectivity index (χ2v) is 5.45. The molecule has 1 aromatic carbocycles. The van der Waals surface area contributed by atoms with Crippen molar-refractivity contribution in [2.45, 2.75) is 38.8 Å². The van der Waals surface area contributed by atoms with E-state index in [2.05, 4.69) is 34.5 Å². The topological polar surface area (TPSA) is 58.4 Å². The Morgan fingerprint density at radius 3 is 2.85 bits per heavy atom. The molecule has 4 nitrogen and oxygen atoms in total. The van der Waals surface area contributed by atoms with Crippen LogP contribution in [0.1, 0.15) is 30.9 Å². The quantitative estimate of drug-likeness (QED) is 0.822. The normalized spacial score (nSPS) is 17.2.